The molecular formula is C9H13NO. The highest BCUT2D eigenvalue weighted by molar-refractivity contribution is 5.24. The summed E-state index contributed by atoms with van der Waals surface area (Å²) in [5, 5.41) is 0. The summed E-state index contributed by atoms with van der Waals surface area (Å²) in [6, 6.07) is 2.19. The van der Waals surface area contributed by atoms with Crippen LogP contribution in [0.2, 0.25) is 0 Å². The van der Waals surface area contributed by atoms with Gasteiger partial charge in [-0.15, -0.1) is 0 Å². The van der Waals surface area contributed by atoms with Gasteiger partial charge in [0.05, 0.1) is 6.26 Å². The molecule has 0 bridgehead atoms. The molecule has 0 amide bonds. The Labute approximate surface area is 66.4 Å². The Morgan fingerprint density at radius 1 is 1.64 bits per heavy atom. The molecule has 0 spiro atoms. The Morgan fingerprint density at radius 3 is 3.27 bits per heavy atom. The minimum absolute atomic E-state index is 0.192. The Morgan fingerprint density at radius 2 is 2.45 bits per heavy atom. The fourth-order valence-electron chi connectivity index (χ4n) is 1.70. The second-order valence-electron chi connectivity index (χ2n) is 3.34. The van der Waals surface area contributed by atoms with Crippen molar-refractivity contribution in [2.24, 2.45) is 11.7 Å². The van der Waals surface area contributed by atoms with E-state index in [2.05, 4.69) is 6.92 Å². The molecule has 0 aromatic carbocycles. The van der Waals surface area contributed by atoms with Crippen molar-refractivity contribution in [3.8, 4) is 0 Å². The van der Waals surface area contributed by atoms with Gasteiger partial charge in [-0.05, 0) is 18.4 Å². The van der Waals surface area contributed by atoms with Crippen LogP contribution in [0.4, 0.5) is 0 Å². The Kier molecular flexibility index (Phi) is 1.50. The van der Waals surface area contributed by atoms with E-state index < -0.39 is 0 Å². The lowest BCUT2D eigenvalue weighted by atomic mass is 9.85. The molecule has 1 aromatic heterocycles. The minimum atomic E-state index is 0.192. The van der Waals surface area contributed by atoms with Crippen LogP contribution in [-0.2, 0) is 6.42 Å². The Bertz CT molecular complexity index is 254. The van der Waals surface area contributed by atoms with Gasteiger partial charge in [-0.25, -0.2) is 0 Å². The summed E-state index contributed by atoms with van der Waals surface area (Å²) < 4.78 is 5.29. The summed E-state index contributed by atoms with van der Waals surface area (Å²) in [4.78, 5) is 0. The van der Waals surface area contributed by atoms with E-state index in [0.717, 1.165) is 18.6 Å². The molecule has 1 heterocycles. The molecule has 2 rings (SSSR count). The molecule has 1 aliphatic rings. The maximum absolute atomic E-state index is 5.97. The van der Waals surface area contributed by atoms with E-state index in [1.807, 2.05) is 6.07 Å². The fourth-order valence-corrected chi connectivity index (χ4v) is 1.70. The van der Waals surface area contributed by atoms with Crippen LogP contribution in [0.5, 0.6) is 0 Å². The van der Waals surface area contributed by atoms with Gasteiger partial charge in [0, 0.05) is 18.0 Å². The molecule has 2 N–H and O–H groups in total. The van der Waals surface area contributed by atoms with Gasteiger partial charge in [-0.1, -0.05) is 6.92 Å². The van der Waals surface area contributed by atoms with Crippen molar-refractivity contribution in [2.45, 2.75) is 25.8 Å². The monoisotopic (exact) mass is 151 g/mol. The van der Waals surface area contributed by atoms with Crippen molar-refractivity contribution in [3.05, 3.63) is 23.7 Å². The number of hydrogen-bond acceptors (Lipinski definition) is 2. The predicted molar refractivity (Wildman–Crippen MR) is 43.1 cm³/mol. The average molecular weight is 151 g/mol. The first-order chi connectivity index (χ1) is 5.29. The van der Waals surface area contributed by atoms with Crippen LogP contribution in [0.3, 0.4) is 0 Å². The van der Waals surface area contributed by atoms with Crippen molar-refractivity contribution < 1.29 is 4.42 Å². The van der Waals surface area contributed by atoms with Gasteiger partial charge in [-0.2, -0.15) is 0 Å². The van der Waals surface area contributed by atoms with Gasteiger partial charge in [0.25, 0.3) is 0 Å². The summed E-state index contributed by atoms with van der Waals surface area (Å²) in [6.45, 7) is 2.20. The quantitative estimate of drug-likeness (QED) is 0.614. The Hall–Kier alpha value is -0.760. The standard InChI is InChI=1S/C9H13NO/c1-6-2-3-8-7(9(6)10)4-5-11-8/h4-6,9H,2-3,10H2,1H3. The van der Waals surface area contributed by atoms with Crippen LogP contribution in [0.15, 0.2) is 16.7 Å². The first-order valence-electron chi connectivity index (χ1n) is 4.11. The molecule has 2 heteroatoms. The van der Waals surface area contributed by atoms with E-state index in [9.17, 15) is 0 Å². The van der Waals surface area contributed by atoms with Crippen molar-refractivity contribution in [1.82, 2.24) is 0 Å². The van der Waals surface area contributed by atoms with Crippen molar-refractivity contribution in [2.75, 3.05) is 0 Å². The van der Waals surface area contributed by atoms with Gasteiger partial charge in [0.1, 0.15) is 5.76 Å². The largest absolute Gasteiger partial charge is 0.469 e. The number of aryl methyl sites for hydroxylation is 1. The maximum Gasteiger partial charge on any atom is 0.108 e. The second kappa shape index (κ2) is 2.38. The zero-order valence-electron chi connectivity index (χ0n) is 6.71. The number of hydrogen-bond donors (Lipinski definition) is 1. The molecule has 2 atom stereocenters. The third-order valence-corrected chi connectivity index (χ3v) is 2.58. The van der Waals surface area contributed by atoms with E-state index in [1.54, 1.807) is 6.26 Å². The first kappa shape index (κ1) is 6.92. The summed E-state index contributed by atoms with van der Waals surface area (Å²) in [7, 11) is 0. The minimum Gasteiger partial charge on any atom is -0.469 e. The Balaban J connectivity index is 2.38. The number of furan rings is 1. The molecule has 2 unspecified atom stereocenters. The van der Waals surface area contributed by atoms with Crippen LogP contribution < -0.4 is 5.73 Å². The highest BCUT2D eigenvalue weighted by Gasteiger charge is 2.24. The van der Waals surface area contributed by atoms with Crippen molar-refractivity contribution in [1.29, 1.82) is 0 Å². The highest BCUT2D eigenvalue weighted by Crippen LogP contribution is 2.32. The van der Waals surface area contributed by atoms with E-state index >= 15 is 0 Å². The van der Waals surface area contributed by atoms with Crippen LogP contribution in [0.1, 0.15) is 30.7 Å². The molecule has 0 saturated carbocycles. The highest BCUT2D eigenvalue weighted by atomic mass is 16.3. The third kappa shape index (κ3) is 0.979. The second-order valence-corrected chi connectivity index (χ2v) is 3.34. The van der Waals surface area contributed by atoms with E-state index in [4.69, 9.17) is 10.2 Å². The van der Waals surface area contributed by atoms with Gasteiger partial charge in [0.2, 0.25) is 0 Å². The summed E-state index contributed by atoms with van der Waals surface area (Å²) in [5.41, 5.74) is 7.19. The summed E-state index contributed by atoms with van der Waals surface area (Å²) >= 11 is 0. The molecule has 2 nitrogen and oxygen atoms in total. The summed E-state index contributed by atoms with van der Waals surface area (Å²) in [6.07, 6.45) is 3.95. The molecule has 0 radical (unpaired) electrons. The van der Waals surface area contributed by atoms with Crippen molar-refractivity contribution in [3.63, 3.8) is 0 Å². The normalized spacial score (nSPS) is 30.0. The lowest BCUT2D eigenvalue weighted by molar-refractivity contribution is 0.371. The lowest BCUT2D eigenvalue weighted by Crippen LogP contribution is -2.23. The van der Waals surface area contributed by atoms with Gasteiger partial charge >= 0.3 is 0 Å². The lowest BCUT2D eigenvalue weighted by Gasteiger charge is -2.24. The van der Waals surface area contributed by atoms with Gasteiger partial charge in [-0.3, -0.25) is 0 Å². The maximum atomic E-state index is 5.97. The molecule has 0 saturated heterocycles. The fraction of sp³-hybridized carbons (Fsp3) is 0.556. The van der Waals surface area contributed by atoms with Crippen molar-refractivity contribution >= 4 is 0 Å². The number of rotatable bonds is 0. The van der Waals surface area contributed by atoms with Crippen LogP contribution >= 0.6 is 0 Å². The molecule has 11 heavy (non-hydrogen) atoms. The number of nitrogens with two attached hydrogens (primary N) is 1. The first-order valence-corrected chi connectivity index (χ1v) is 4.11. The third-order valence-electron chi connectivity index (χ3n) is 2.58. The average Bonchev–Trinajstić information content (AvgIpc) is 2.45. The summed E-state index contributed by atoms with van der Waals surface area (Å²) in [5.74, 6) is 1.69. The van der Waals surface area contributed by atoms with Crippen LogP contribution in [-0.4, -0.2) is 0 Å². The molecule has 1 aromatic rings. The van der Waals surface area contributed by atoms with Crippen LogP contribution in [0, 0.1) is 5.92 Å². The predicted octanol–water partition coefficient (Wildman–Crippen LogP) is 1.86. The van der Waals surface area contributed by atoms with E-state index in [0.29, 0.717) is 5.92 Å². The zero-order valence-corrected chi connectivity index (χ0v) is 6.71. The topological polar surface area (TPSA) is 39.2 Å². The smallest absolute Gasteiger partial charge is 0.108 e. The zero-order chi connectivity index (χ0) is 7.84. The molecule has 0 aliphatic heterocycles. The van der Waals surface area contributed by atoms with Gasteiger partial charge < -0.3 is 10.2 Å². The van der Waals surface area contributed by atoms with E-state index in [1.165, 1.54) is 5.56 Å². The molecular weight excluding hydrogens is 138 g/mol. The molecule has 60 valence electrons. The van der Waals surface area contributed by atoms with Gasteiger partial charge in [0.15, 0.2) is 0 Å². The van der Waals surface area contributed by atoms with E-state index in [-0.39, 0.29) is 6.04 Å². The molecule has 1 aliphatic carbocycles. The molecule has 0 fully saturated rings. The number of fused-ring (bicyclic) bond motifs is 1. The SMILES string of the molecule is CC1CCc2occc2C1N. The van der Waals surface area contributed by atoms with Crippen LogP contribution in [0.25, 0.3) is 0 Å².